The number of carbonyl (C=O) groups is 2. The van der Waals surface area contributed by atoms with Gasteiger partial charge in [-0.2, -0.15) is 0 Å². The van der Waals surface area contributed by atoms with Gasteiger partial charge in [0.15, 0.2) is 0 Å². The average Bonchev–Trinajstić information content (AvgIpc) is 2.97. The third kappa shape index (κ3) is 4.09. The number of aromatic nitrogens is 1. The van der Waals surface area contributed by atoms with Gasteiger partial charge in [0.2, 0.25) is 5.91 Å². The molecule has 0 aliphatic heterocycles. The predicted molar refractivity (Wildman–Crippen MR) is 106 cm³/mol. The first-order chi connectivity index (χ1) is 12.4. The summed E-state index contributed by atoms with van der Waals surface area (Å²) >= 11 is 7.70. The first-order valence-electron chi connectivity index (χ1n) is 7.85. The van der Waals surface area contributed by atoms with Crippen LogP contribution in [0.4, 0.5) is 11.4 Å². The van der Waals surface area contributed by atoms with Crippen LogP contribution in [0, 0.1) is 6.92 Å². The third-order valence-corrected chi connectivity index (χ3v) is 4.84. The maximum atomic E-state index is 12.8. The predicted octanol–water partition coefficient (Wildman–Crippen LogP) is 4.98. The van der Waals surface area contributed by atoms with E-state index in [0.29, 0.717) is 22.1 Å². The summed E-state index contributed by atoms with van der Waals surface area (Å²) in [6.07, 6.45) is 0. The van der Waals surface area contributed by atoms with Crippen molar-refractivity contribution in [1.29, 1.82) is 0 Å². The molecule has 0 radical (unpaired) electrons. The molecule has 2 N–H and O–H groups in total. The second-order valence-corrected chi connectivity index (χ2v) is 7.22. The molecule has 2 aromatic carbocycles. The molecule has 2 amide bonds. The number of thiazole rings is 1. The van der Waals surface area contributed by atoms with Crippen molar-refractivity contribution in [2.45, 2.75) is 13.8 Å². The van der Waals surface area contributed by atoms with E-state index < -0.39 is 0 Å². The summed E-state index contributed by atoms with van der Waals surface area (Å²) in [6.45, 7) is 3.28. The lowest BCUT2D eigenvalue weighted by molar-refractivity contribution is -0.114. The summed E-state index contributed by atoms with van der Waals surface area (Å²) in [7, 11) is 0. The number of anilines is 2. The van der Waals surface area contributed by atoms with Crippen molar-refractivity contribution in [2.75, 3.05) is 10.6 Å². The van der Waals surface area contributed by atoms with Crippen molar-refractivity contribution in [3.8, 4) is 10.4 Å². The molecule has 0 saturated heterocycles. The van der Waals surface area contributed by atoms with Crippen molar-refractivity contribution in [3.63, 3.8) is 0 Å². The van der Waals surface area contributed by atoms with Crippen LogP contribution in [0.1, 0.15) is 22.4 Å². The SMILES string of the molecule is CC(=O)Nc1cccc(NC(=O)c2nc(C)sc2-c2ccccc2Cl)c1. The minimum atomic E-state index is -0.329. The molecule has 0 aliphatic rings. The fraction of sp³-hybridized carbons (Fsp3) is 0.105. The van der Waals surface area contributed by atoms with E-state index in [2.05, 4.69) is 15.6 Å². The molecule has 3 aromatic rings. The molecule has 0 spiro atoms. The number of nitrogens with one attached hydrogen (secondary N) is 2. The number of hydrogen-bond donors (Lipinski definition) is 2. The van der Waals surface area contributed by atoms with Gasteiger partial charge in [0.1, 0.15) is 5.69 Å². The highest BCUT2D eigenvalue weighted by atomic mass is 35.5. The first kappa shape index (κ1) is 18.1. The van der Waals surface area contributed by atoms with E-state index in [1.54, 1.807) is 30.3 Å². The van der Waals surface area contributed by atoms with Gasteiger partial charge in [-0.15, -0.1) is 11.3 Å². The van der Waals surface area contributed by atoms with Gasteiger partial charge in [-0.25, -0.2) is 4.98 Å². The van der Waals surface area contributed by atoms with Crippen LogP contribution in [0.3, 0.4) is 0 Å². The second kappa shape index (κ2) is 7.68. The van der Waals surface area contributed by atoms with E-state index in [4.69, 9.17) is 11.6 Å². The lowest BCUT2D eigenvalue weighted by Crippen LogP contribution is -2.14. The third-order valence-electron chi connectivity index (χ3n) is 3.51. The summed E-state index contributed by atoms with van der Waals surface area (Å²) in [6, 6.07) is 14.3. The quantitative estimate of drug-likeness (QED) is 0.665. The van der Waals surface area contributed by atoms with E-state index in [-0.39, 0.29) is 11.8 Å². The molecular weight excluding hydrogens is 370 g/mol. The summed E-state index contributed by atoms with van der Waals surface area (Å²) in [5.74, 6) is -0.506. The lowest BCUT2D eigenvalue weighted by Gasteiger charge is -2.08. The van der Waals surface area contributed by atoms with E-state index in [9.17, 15) is 9.59 Å². The maximum Gasteiger partial charge on any atom is 0.275 e. The average molecular weight is 386 g/mol. The number of amides is 2. The number of carbonyl (C=O) groups excluding carboxylic acids is 2. The maximum absolute atomic E-state index is 12.8. The fourth-order valence-corrected chi connectivity index (χ4v) is 3.72. The zero-order chi connectivity index (χ0) is 18.7. The Morgan fingerprint density at radius 1 is 1.04 bits per heavy atom. The van der Waals surface area contributed by atoms with Gasteiger partial charge in [-0.1, -0.05) is 35.9 Å². The molecule has 1 aromatic heterocycles. The van der Waals surface area contributed by atoms with Crippen molar-refractivity contribution in [2.24, 2.45) is 0 Å². The van der Waals surface area contributed by atoms with Gasteiger partial charge in [-0.3, -0.25) is 9.59 Å². The Morgan fingerprint density at radius 3 is 2.42 bits per heavy atom. The van der Waals surface area contributed by atoms with E-state index in [1.807, 2.05) is 25.1 Å². The smallest absolute Gasteiger partial charge is 0.275 e. The summed E-state index contributed by atoms with van der Waals surface area (Å²) in [4.78, 5) is 29.1. The Kier molecular flexibility index (Phi) is 5.35. The lowest BCUT2D eigenvalue weighted by atomic mass is 10.1. The number of nitrogens with zero attached hydrogens (tertiary/aromatic N) is 1. The molecular formula is C19H16ClN3O2S. The highest BCUT2D eigenvalue weighted by Gasteiger charge is 2.20. The molecule has 0 aliphatic carbocycles. The van der Waals surface area contributed by atoms with E-state index >= 15 is 0 Å². The molecule has 132 valence electrons. The van der Waals surface area contributed by atoms with Crippen LogP contribution in [-0.4, -0.2) is 16.8 Å². The van der Waals surface area contributed by atoms with Crippen molar-refractivity contribution < 1.29 is 9.59 Å². The number of rotatable bonds is 4. The van der Waals surface area contributed by atoms with Crippen LogP contribution in [-0.2, 0) is 4.79 Å². The fourth-order valence-electron chi connectivity index (χ4n) is 2.48. The van der Waals surface area contributed by atoms with Crippen LogP contribution >= 0.6 is 22.9 Å². The van der Waals surface area contributed by atoms with Gasteiger partial charge < -0.3 is 10.6 Å². The molecule has 0 atom stereocenters. The molecule has 1 heterocycles. The summed E-state index contributed by atoms with van der Waals surface area (Å²) < 4.78 is 0. The second-order valence-electron chi connectivity index (χ2n) is 5.61. The molecule has 0 saturated carbocycles. The topological polar surface area (TPSA) is 71.1 Å². The number of halogens is 1. The zero-order valence-electron chi connectivity index (χ0n) is 14.2. The molecule has 0 unspecified atom stereocenters. The Bertz CT molecular complexity index is 984. The number of hydrogen-bond acceptors (Lipinski definition) is 4. The van der Waals surface area contributed by atoms with Gasteiger partial charge in [-0.05, 0) is 31.2 Å². The molecule has 0 bridgehead atoms. The molecule has 3 rings (SSSR count). The summed E-state index contributed by atoms with van der Waals surface area (Å²) in [5, 5.41) is 6.85. The summed E-state index contributed by atoms with van der Waals surface area (Å²) in [5.41, 5.74) is 2.27. The van der Waals surface area contributed by atoms with E-state index in [0.717, 1.165) is 15.4 Å². The minimum Gasteiger partial charge on any atom is -0.326 e. The van der Waals surface area contributed by atoms with Gasteiger partial charge in [0, 0.05) is 28.9 Å². The number of benzene rings is 2. The van der Waals surface area contributed by atoms with Gasteiger partial charge in [0.25, 0.3) is 5.91 Å². The standard InChI is InChI=1S/C19H16ClN3O2S/c1-11(24)21-13-6-5-7-14(10-13)23-19(25)17-18(26-12(2)22-17)15-8-3-4-9-16(15)20/h3-10H,1-2H3,(H,21,24)(H,23,25). The normalized spacial score (nSPS) is 10.4. The van der Waals surface area contributed by atoms with Crippen LogP contribution in [0.15, 0.2) is 48.5 Å². The first-order valence-corrected chi connectivity index (χ1v) is 9.05. The highest BCUT2D eigenvalue weighted by Crippen LogP contribution is 2.35. The Hall–Kier alpha value is -2.70. The van der Waals surface area contributed by atoms with Crippen molar-refractivity contribution in [1.82, 2.24) is 4.98 Å². The molecule has 5 nitrogen and oxygen atoms in total. The van der Waals surface area contributed by atoms with Gasteiger partial charge >= 0.3 is 0 Å². The van der Waals surface area contributed by atoms with Crippen molar-refractivity contribution in [3.05, 3.63) is 64.3 Å². The Balaban J connectivity index is 1.90. The van der Waals surface area contributed by atoms with Crippen LogP contribution in [0.2, 0.25) is 5.02 Å². The monoisotopic (exact) mass is 385 g/mol. The highest BCUT2D eigenvalue weighted by molar-refractivity contribution is 7.15. The van der Waals surface area contributed by atoms with Crippen LogP contribution < -0.4 is 10.6 Å². The van der Waals surface area contributed by atoms with E-state index in [1.165, 1.54) is 18.3 Å². The minimum absolute atomic E-state index is 0.176. The van der Waals surface area contributed by atoms with Crippen LogP contribution in [0.5, 0.6) is 0 Å². The largest absolute Gasteiger partial charge is 0.326 e. The van der Waals surface area contributed by atoms with Gasteiger partial charge in [0.05, 0.1) is 9.88 Å². The number of aryl methyl sites for hydroxylation is 1. The Labute approximate surface area is 160 Å². The van der Waals surface area contributed by atoms with Crippen LogP contribution in [0.25, 0.3) is 10.4 Å². The molecule has 0 fully saturated rings. The molecule has 26 heavy (non-hydrogen) atoms. The Morgan fingerprint density at radius 2 is 1.73 bits per heavy atom. The van der Waals surface area contributed by atoms with Crippen molar-refractivity contribution >= 4 is 46.1 Å². The zero-order valence-corrected chi connectivity index (χ0v) is 15.7. The molecule has 7 heteroatoms.